The summed E-state index contributed by atoms with van der Waals surface area (Å²) in [5.41, 5.74) is 0. The van der Waals surface area contributed by atoms with Gasteiger partial charge in [-0.25, -0.2) is 9.59 Å². The molecule has 0 fully saturated rings. The Morgan fingerprint density at radius 3 is 2.17 bits per heavy atom. The van der Waals surface area contributed by atoms with E-state index in [0.717, 1.165) is 0 Å². The minimum atomic E-state index is -1.50. The molecule has 0 aliphatic carbocycles. The molecule has 0 radical (unpaired) electrons. The largest absolute Gasteiger partial charge is 0.481 e. The number of hydrogen-bond acceptors (Lipinski definition) is 4. The van der Waals surface area contributed by atoms with Crippen LogP contribution in [0, 0.1) is 0 Å². The van der Waals surface area contributed by atoms with Gasteiger partial charge in [-0.2, -0.15) is 0 Å². The molecule has 104 valence electrons. The molecule has 2 amide bonds. The van der Waals surface area contributed by atoms with Crippen molar-refractivity contribution in [2.45, 2.75) is 25.4 Å². The van der Waals surface area contributed by atoms with Crippen molar-refractivity contribution in [3.05, 3.63) is 0 Å². The number of urea groups is 1. The minimum absolute atomic E-state index is 0.226. The van der Waals surface area contributed by atoms with Gasteiger partial charge in [-0.1, -0.05) is 0 Å². The topological polar surface area (TPSA) is 133 Å². The van der Waals surface area contributed by atoms with Crippen molar-refractivity contribution in [3.63, 3.8) is 0 Å². The number of aliphatic carboxylic acids is 2. The third-order valence-corrected chi connectivity index (χ3v) is 2.81. The second-order valence-electron chi connectivity index (χ2n) is 3.75. The molecular weight excluding hydrogens is 264 g/mol. The van der Waals surface area contributed by atoms with Crippen LogP contribution in [0.25, 0.3) is 0 Å². The molecule has 0 aliphatic heterocycles. The van der Waals surface area contributed by atoms with E-state index in [1.807, 2.05) is 5.32 Å². The Balaban J connectivity index is 4.29. The number of carbonyl (C=O) groups excluding carboxylic acids is 1. The van der Waals surface area contributed by atoms with E-state index in [1.165, 1.54) is 6.26 Å². The highest BCUT2D eigenvalue weighted by Gasteiger charge is 2.23. The summed E-state index contributed by atoms with van der Waals surface area (Å²) in [6.45, 7) is 1.61. The molecule has 0 aliphatic rings. The standard InChI is InChI=1S/C9H16N2O6S/c1-5(4-18(2)17)10-9(16)11-6(8(14)15)3-7(12)13/h5-6H,3-4H2,1-2H3,(H,12,13)(H,14,15)(H2,10,11,16). The summed E-state index contributed by atoms with van der Waals surface area (Å²) in [6.07, 6.45) is 0.761. The number of carboxylic acids is 2. The van der Waals surface area contributed by atoms with Crippen LogP contribution in [0.2, 0.25) is 0 Å². The van der Waals surface area contributed by atoms with Crippen LogP contribution < -0.4 is 10.6 Å². The Morgan fingerprint density at radius 1 is 1.22 bits per heavy atom. The van der Waals surface area contributed by atoms with Gasteiger partial charge >= 0.3 is 18.0 Å². The first-order valence-electron chi connectivity index (χ1n) is 5.04. The second-order valence-corrected chi connectivity index (χ2v) is 5.23. The number of rotatable bonds is 7. The van der Waals surface area contributed by atoms with E-state index < -0.39 is 47.3 Å². The van der Waals surface area contributed by atoms with Crippen molar-refractivity contribution in [2.24, 2.45) is 0 Å². The lowest BCUT2D eigenvalue weighted by Crippen LogP contribution is -2.50. The van der Waals surface area contributed by atoms with Gasteiger partial charge in [-0.15, -0.1) is 0 Å². The zero-order valence-electron chi connectivity index (χ0n) is 10.0. The average molecular weight is 280 g/mol. The van der Waals surface area contributed by atoms with Crippen molar-refractivity contribution >= 4 is 28.8 Å². The van der Waals surface area contributed by atoms with Gasteiger partial charge in [0.2, 0.25) is 0 Å². The summed E-state index contributed by atoms with van der Waals surface area (Å²) < 4.78 is 10.9. The van der Waals surface area contributed by atoms with Crippen LogP contribution in [-0.2, 0) is 20.4 Å². The third kappa shape index (κ3) is 7.60. The molecule has 0 saturated carbocycles. The smallest absolute Gasteiger partial charge is 0.326 e. The lowest BCUT2D eigenvalue weighted by atomic mass is 10.2. The van der Waals surface area contributed by atoms with Gasteiger partial charge in [-0.3, -0.25) is 9.00 Å². The summed E-state index contributed by atoms with van der Waals surface area (Å²) >= 11 is 0. The van der Waals surface area contributed by atoms with Crippen molar-refractivity contribution in [1.82, 2.24) is 10.6 Å². The normalized spacial score (nSPS) is 15.2. The van der Waals surface area contributed by atoms with Crippen LogP contribution in [0.5, 0.6) is 0 Å². The molecular formula is C9H16N2O6S. The SMILES string of the molecule is CC(CS(C)=O)NC(=O)NC(CC(=O)O)C(=O)O. The molecule has 0 spiro atoms. The predicted octanol–water partition coefficient (Wildman–Crippen LogP) is -1.02. The zero-order valence-corrected chi connectivity index (χ0v) is 10.8. The van der Waals surface area contributed by atoms with Crippen LogP contribution in [-0.4, -0.2) is 56.5 Å². The first-order valence-corrected chi connectivity index (χ1v) is 6.76. The van der Waals surface area contributed by atoms with Gasteiger partial charge in [0.25, 0.3) is 0 Å². The van der Waals surface area contributed by atoms with Crippen LogP contribution in [0.3, 0.4) is 0 Å². The van der Waals surface area contributed by atoms with E-state index in [2.05, 4.69) is 5.32 Å². The highest BCUT2D eigenvalue weighted by atomic mass is 32.2. The summed E-state index contributed by atoms with van der Waals surface area (Å²) in [7, 11) is -1.10. The highest BCUT2D eigenvalue weighted by molar-refractivity contribution is 7.84. The van der Waals surface area contributed by atoms with E-state index in [4.69, 9.17) is 10.2 Å². The maximum atomic E-state index is 11.4. The van der Waals surface area contributed by atoms with Crippen LogP contribution in [0.1, 0.15) is 13.3 Å². The molecule has 3 atom stereocenters. The van der Waals surface area contributed by atoms with Crippen LogP contribution in [0.15, 0.2) is 0 Å². The maximum Gasteiger partial charge on any atom is 0.326 e. The van der Waals surface area contributed by atoms with Gasteiger partial charge in [0.1, 0.15) is 6.04 Å². The summed E-state index contributed by atoms with van der Waals surface area (Å²) in [5, 5.41) is 21.6. The molecule has 0 rings (SSSR count). The van der Waals surface area contributed by atoms with Gasteiger partial charge < -0.3 is 20.8 Å². The van der Waals surface area contributed by atoms with E-state index in [-0.39, 0.29) is 5.75 Å². The first-order chi connectivity index (χ1) is 8.22. The van der Waals surface area contributed by atoms with Gasteiger partial charge in [0, 0.05) is 28.9 Å². The van der Waals surface area contributed by atoms with E-state index in [1.54, 1.807) is 6.92 Å². The molecule has 3 unspecified atom stereocenters. The van der Waals surface area contributed by atoms with Crippen molar-refractivity contribution in [3.8, 4) is 0 Å². The summed E-state index contributed by atoms with van der Waals surface area (Å²) in [4.78, 5) is 32.4. The van der Waals surface area contributed by atoms with Gasteiger partial charge in [0.15, 0.2) is 0 Å². The Hall–Kier alpha value is -1.64. The first kappa shape index (κ1) is 16.4. The van der Waals surface area contributed by atoms with Crippen molar-refractivity contribution < 1.29 is 28.8 Å². The Labute approximate surface area is 106 Å². The number of hydrogen-bond donors (Lipinski definition) is 4. The lowest BCUT2D eigenvalue weighted by molar-refractivity contribution is -0.145. The van der Waals surface area contributed by atoms with Crippen molar-refractivity contribution in [1.29, 1.82) is 0 Å². The number of carboxylic acid groups (broad SMARTS) is 2. The molecule has 0 saturated heterocycles. The monoisotopic (exact) mass is 280 g/mol. The van der Waals surface area contributed by atoms with E-state index >= 15 is 0 Å². The second kappa shape index (κ2) is 7.64. The van der Waals surface area contributed by atoms with E-state index in [0.29, 0.717) is 0 Å². The molecule has 9 heteroatoms. The predicted molar refractivity (Wildman–Crippen MR) is 63.7 cm³/mol. The Morgan fingerprint density at radius 2 is 1.78 bits per heavy atom. The average Bonchev–Trinajstić information content (AvgIpc) is 2.13. The molecule has 0 aromatic rings. The summed E-state index contributed by atoms with van der Waals surface area (Å²) in [5.74, 6) is -2.53. The van der Waals surface area contributed by atoms with E-state index in [9.17, 15) is 18.6 Å². The summed E-state index contributed by atoms with van der Waals surface area (Å²) in [6, 6.07) is -2.71. The van der Waals surface area contributed by atoms with Crippen molar-refractivity contribution in [2.75, 3.05) is 12.0 Å². The third-order valence-electron chi connectivity index (χ3n) is 1.84. The molecule has 0 aromatic heterocycles. The highest BCUT2D eigenvalue weighted by Crippen LogP contribution is 1.93. The van der Waals surface area contributed by atoms with Crippen LogP contribution >= 0.6 is 0 Å². The van der Waals surface area contributed by atoms with Gasteiger partial charge in [0.05, 0.1) is 6.42 Å². The molecule has 0 aromatic carbocycles. The molecule has 18 heavy (non-hydrogen) atoms. The van der Waals surface area contributed by atoms with Gasteiger partial charge in [-0.05, 0) is 6.92 Å². The minimum Gasteiger partial charge on any atom is -0.481 e. The Bertz CT molecular complexity index is 359. The lowest BCUT2D eigenvalue weighted by Gasteiger charge is -2.16. The molecule has 8 nitrogen and oxygen atoms in total. The molecule has 0 bridgehead atoms. The fourth-order valence-electron chi connectivity index (χ4n) is 1.19. The fourth-order valence-corrected chi connectivity index (χ4v) is 1.98. The van der Waals surface area contributed by atoms with Crippen LogP contribution in [0.4, 0.5) is 4.79 Å². The fraction of sp³-hybridized carbons (Fsp3) is 0.667. The number of amides is 2. The maximum absolute atomic E-state index is 11.4. The zero-order chi connectivity index (χ0) is 14.3. The quantitative estimate of drug-likeness (QED) is 0.472. The number of nitrogens with one attached hydrogen (secondary N) is 2. The number of carbonyl (C=O) groups is 3. The Kier molecular flexibility index (Phi) is 6.94. The molecule has 4 N–H and O–H groups in total. The molecule has 0 heterocycles.